The molecule has 0 heterocycles. The zero-order chi connectivity index (χ0) is 19.3. The van der Waals surface area contributed by atoms with Crippen molar-refractivity contribution < 1.29 is 14.3 Å². The molecule has 0 amide bonds. The predicted octanol–water partition coefficient (Wildman–Crippen LogP) is 5.97. The fourth-order valence-electron chi connectivity index (χ4n) is 2.82. The molecule has 4 heteroatoms. The Morgan fingerprint density at radius 3 is 2.04 bits per heavy atom. The monoisotopic (exact) mass is 374 g/mol. The zero-order valence-electron chi connectivity index (χ0n) is 16.1. The summed E-state index contributed by atoms with van der Waals surface area (Å²) in [5.41, 5.74) is 1.04. The Labute approximate surface area is 161 Å². The first-order valence-electron chi connectivity index (χ1n) is 8.99. The summed E-state index contributed by atoms with van der Waals surface area (Å²) in [5, 5.41) is 0.656. The van der Waals surface area contributed by atoms with Crippen molar-refractivity contribution in [1.29, 1.82) is 0 Å². The number of carbonyl (C=O) groups is 1. The normalized spacial score (nSPS) is 14.6. The van der Waals surface area contributed by atoms with Crippen LogP contribution in [0.15, 0.2) is 48.5 Å². The molecule has 2 aromatic carbocycles. The molecule has 2 aromatic rings. The topological polar surface area (TPSA) is 35.5 Å². The first-order chi connectivity index (χ1) is 12.3. The van der Waals surface area contributed by atoms with Crippen LogP contribution >= 0.6 is 11.6 Å². The summed E-state index contributed by atoms with van der Waals surface area (Å²) >= 11 is 5.99. The molecule has 2 atom stereocenters. The molecule has 0 aliphatic carbocycles. The van der Waals surface area contributed by atoms with Crippen molar-refractivity contribution in [2.75, 3.05) is 6.61 Å². The zero-order valence-corrected chi connectivity index (χ0v) is 16.8. The summed E-state index contributed by atoms with van der Waals surface area (Å²) in [7, 11) is 0. The summed E-state index contributed by atoms with van der Waals surface area (Å²) in [6.07, 6.45) is 0. The molecule has 0 aromatic heterocycles. The summed E-state index contributed by atoms with van der Waals surface area (Å²) in [4.78, 5) is 12.8. The number of carbonyl (C=O) groups excluding carboxylic acids is 1. The van der Waals surface area contributed by atoms with Gasteiger partial charge in [-0.3, -0.25) is 0 Å². The summed E-state index contributed by atoms with van der Waals surface area (Å²) in [5.74, 6) is 0.484. The molecule has 26 heavy (non-hydrogen) atoms. The first kappa shape index (κ1) is 20.3. The second kappa shape index (κ2) is 8.59. The second-order valence-corrected chi connectivity index (χ2v) is 7.36. The first-order valence-corrected chi connectivity index (χ1v) is 9.37. The van der Waals surface area contributed by atoms with Crippen LogP contribution in [-0.2, 0) is 9.53 Å². The van der Waals surface area contributed by atoms with Crippen LogP contribution in [0.5, 0.6) is 5.75 Å². The van der Waals surface area contributed by atoms with E-state index in [9.17, 15) is 4.79 Å². The maximum absolute atomic E-state index is 12.8. The molecular formula is C22H27ClO3. The third-order valence-electron chi connectivity index (χ3n) is 4.75. The Morgan fingerprint density at radius 1 is 1.00 bits per heavy atom. The van der Waals surface area contributed by atoms with Gasteiger partial charge in [-0.1, -0.05) is 56.6 Å². The quantitative estimate of drug-likeness (QED) is 0.560. The molecule has 0 bridgehead atoms. The Hall–Kier alpha value is -2.00. The fraction of sp³-hybridized carbons (Fsp3) is 0.409. The minimum Gasteiger partial charge on any atom is -0.475 e. The van der Waals surface area contributed by atoms with Crippen molar-refractivity contribution in [1.82, 2.24) is 0 Å². The molecule has 0 aliphatic heterocycles. The highest BCUT2D eigenvalue weighted by atomic mass is 35.5. The van der Waals surface area contributed by atoms with Crippen molar-refractivity contribution >= 4 is 17.6 Å². The van der Waals surface area contributed by atoms with Crippen molar-refractivity contribution in [3.05, 3.63) is 64.7 Å². The van der Waals surface area contributed by atoms with E-state index < -0.39 is 5.60 Å². The number of benzene rings is 2. The van der Waals surface area contributed by atoms with Gasteiger partial charge in [0.2, 0.25) is 5.60 Å². The van der Waals surface area contributed by atoms with Gasteiger partial charge < -0.3 is 9.47 Å². The average Bonchev–Trinajstić information content (AvgIpc) is 2.62. The van der Waals surface area contributed by atoms with Crippen LogP contribution in [0.1, 0.15) is 57.6 Å². The highest BCUT2D eigenvalue weighted by molar-refractivity contribution is 6.30. The SMILES string of the molecule is CCOC(=O)[C@@](C)(Oc1ccc(C(C)C)cc1)[C@H](C)c1ccc(Cl)cc1. The fourth-order valence-corrected chi connectivity index (χ4v) is 2.94. The van der Waals surface area contributed by atoms with E-state index in [2.05, 4.69) is 13.8 Å². The van der Waals surface area contributed by atoms with Gasteiger partial charge >= 0.3 is 5.97 Å². The molecule has 0 aliphatic rings. The van der Waals surface area contributed by atoms with Gasteiger partial charge in [0.15, 0.2) is 0 Å². The van der Waals surface area contributed by atoms with Crippen LogP contribution in [0.2, 0.25) is 5.02 Å². The molecule has 3 nitrogen and oxygen atoms in total. The lowest BCUT2D eigenvalue weighted by atomic mass is 9.84. The van der Waals surface area contributed by atoms with E-state index in [0.29, 0.717) is 23.3 Å². The van der Waals surface area contributed by atoms with Gasteiger partial charge in [0.1, 0.15) is 5.75 Å². The van der Waals surface area contributed by atoms with Gasteiger partial charge in [-0.15, -0.1) is 0 Å². The molecular weight excluding hydrogens is 348 g/mol. The van der Waals surface area contributed by atoms with Crippen LogP contribution in [0.3, 0.4) is 0 Å². The Balaban J connectivity index is 2.34. The summed E-state index contributed by atoms with van der Waals surface area (Å²) < 4.78 is 11.5. The van der Waals surface area contributed by atoms with Gasteiger partial charge in [-0.2, -0.15) is 0 Å². The molecule has 0 saturated heterocycles. The molecule has 140 valence electrons. The molecule has 0 radical (unpaired) electrons. The van der Waals surface area contributed by atoms with Crippen molar-refractivity contribution in [3.63, 3.8) is 0 Å². The van der Waals surface area contributed by atoms with Gasteiger partial charge in [0.25, 0.3) is 0 Å². The average molecular weight is 375 g/mol. The Morgan fingerprint density at radius 2 is 1.54 bits per heavy atom. The number of esters is 1. The van der Waals surface area contributed by atoms with Crippen LogP contribution in [0.25, 0.3) is 0 Å². The van der Waals surface area contributed by atoms with E-state index in [1.165, 1.54) is 5.56 Å². The summed E-state index contributed by atoms with van der Waals surface area (Å²) in [6, 6.07) is 15.3. The van der Waals surface area contributed by atoms with Crippen LogP contribution < -0.4 is 4.74 Å². The van der Waals surface area contributed by atoms with E-state index in [-0.39, 0.29) is 11.9 Å². The number of hydrogen-bond acceptors (Lipinski definition) is 3. The molecule has 0 spiro atoms. The van der Waals surface area contributed by atoms with Gasteiger partial charge in [-0.25, -0.2) is 4.79 Å². The number of rotatable bonds is 7. The van der Waals surface area contributed by atoms with E-state index in [1.54, 1.807) is 13.8 Å². The number of hydrogen-bond donors (Lipinski definition) is 0. The van der Waals surface area contributed by atoms with E-state index in [4.69, 9.17) is 21.1 Å². The lowest BCUT2D eigenvalue weighted by Crippen LogP contribution is -2.47. The number of halogens is 1. The molecule has 0 fully saturated rings. The molecule has 2 rings (SSSR count). The lowest BCUT2D eigenvalue weighted by Gasteiger charge is -2.34. The largest absolute Gasteiger partial charge is 0.475 e. The molecule has 0 saturated carbocycles. The van der Waals surface area contributed by atoms with Gasteiger partial charge in [-0.05, 0) is 55.2 Å². The highest BCUT2D eigenvalue weighted by Crippen LogP contribution is 2.35. The number of ether oxygens (including phenoxy) is 2. The van der Waals surface area contributed by atoms with Crippen molar-refractivity contribution in [2.45, 2.75) is 52.1 Å². The maximum atomic E-state index is 12.8. The van der Waals surface area contributed by atoms with E-state index in [0.717, 1.165) is 5.56 Å². The second-order valence-electron chi connectivity index (χ2n) is 6.93. The van der Waals surface area contributed by atoms with Gasteiger partial charge in [0.05, 0.1) is 6.61 Å². The van der Waals surface area contributed by atoms with Gasteiger partial charge in [0, 0.05) is 10.9 Å². The Bertz CT molecular complexity index is 722. The van der Waals surface area contributed by atoms with Crippen molar-refractivity contribution in [2.24, 2.45) is 0 Å². The maximum Gasteiger partial charge on any atom is 0.350 e. The highest BCUT2D eigenvalue weighted by Gasteiger charge is 2.43. The molecule has 0 unspecified atom stereocenters. The van der Waals surface area contributed by atoms with E-state index >= 15 is 0 Å². The third kappa shape index (κ3) is 4.59. The third-order valence-corrected chi connectivity index (χ3v) is 5.01. The molecule has 0 N–H and O–H groups in total. The van der Waals surface area contributed by atoms with Crippen LogP contribution in [-0.4, -0.2) is 18.2 Å². The summed E-state index contributed by atoms with van der Waals surface area (Å²) in [6.45, 7) is 10.1. The smallest absolute Gasteiger partial charge is 0.350 e. The predicted molar refractivity (Wildman–Crippen MR) is 106 cm³/mol. The lowest BCUT2D eigenvalue weighted by molar-refractivity contribution is -0.162. The standard InChI is InChI=1S/C22H27ClO3/c1-6-25-21(24)22(5,16(4)18-7-11-19(23)12-8-18)26-20-13-9-17(10-14-20)15(2)3/h7-16H,6H2,1-5H3/t16-,22+/m1/s1. The minimum absolute atomic E-state index is 0.219. The van der Waals surface area contributed by atoms with Crippen molar-refractivity contribution in [3.8, 4) is 5.75 Å². The Kier molecular flexibility index (Phi) is 6.71. The van der Waals surface area contributed by atoms with E-state index in [1.807, 2.05) is 55.5 Å². The van der Waals surface area contributed by atoms with Crippen LogP contribution in [0, 0.1) is 0 Å². The minimum atomic E-state index is -1.15. The van der Waals surface area contributed by atoms with Crippen LogP contribution in [0.4, 0.5) is 0 Å².